The van der Waals surface area contributed by atoms with Crippen LogP contribution in [-0.4, -0.2) is 119 Å². The van der Waals surface area contributed by atoms with Crippen molar-refractivity contribution in [1.82, 2.24) is 9.80 Å². The molecule has 0 saturated carbocycles. The van der Waals surface area contributed by atoms with Crippen molar-refractivity contribution in [2.24, 2.45) is 0 Å². The van der Waals surface area contributed by atoms with Gasteiger partial charge in [0, 0.05) is 121 Å². The lowest BCUT2D eigenvalue weighted by Gasteiger charge is -2.36. The third-order valence-electron chi connectivity index (χ3n) is 19.6. The Morgan fingerprint density at radius 2 is 0.871 bits per heavy atom. The smallest absolute Gasteiger partial charge is 0.363 e. The van der Waals surface area contributed by atoms with Gasteiger partial charge in [-0.25, -0.2) is 4.42 Å². The summed E-state index contributed by atoms with van der Waals surface area (Å²) in [5.74, 6) is -0.793. The number of ether oxygens (including phenoxy) is 1. The van der Waals surface area contributed by atoms with E-state index in [1.54, 1.807) is 84.9 Å². The number of rotatable bonds is 22. The summed E-state index contributed by atoms with van der Waals surface area (Å²) in [6.07, 6.45) is 6.72. The number of hydrogen-bond donors (Lipinski definition) is 2. The summed E-state index contributed by atoms with van der Waals surface area (Å²) in [5.41, 5.74) is 14.6. The van der Waals surface area contributed by atoms with E-state index in [4.69, 9.17) is 9.15 Å². The predicted octanol–water partition coefficient (Wildman–Crippen LogP) is 15.3. The van der Waals surface area contributed by atoms with Crippen molar-refractivity contribution >= 4 is 99.8 Å². The number of anilines is 5. The van der Waals surface area contributed by atoms with Crippen LogP contribution in [0.2, 0.25) is 0 Å². The molecule has 0 radical (unpaired) electrons. The molecule has 0 saturated heterocycles. The van der Waals surface area contributed by atoms with Gasteiger partial charge in [-0.15, -0.1) is 0 Å². The first-order chi connectivity index (χ1) is 48.5. The Morgan fingerprint density at radius 3 is 1.39 bits per heavy atom. The van der Waals surface area contributed by atoms with Gasteiger partial charge in [0.25, 0.3) is 43.9 Å². The lowest BCUT2D eigenvalue weighted by Crippen LogP contribution is -2.35. The second-order valence-corrected chi connectivity index (χ2v) is 28.8. The Hall–Kier alpha value is -11.0. The predicted molar refractivity (Wildman–Crippen MR) is 394 cm³/mol. The lowest BCUT2D eigenvalue weighted by molar-refractivity contribution is 0.0638. The number of imide groups is 2. The maximum Gasteiger partial charge on any atom is 0.363 e. The fourth-order valence-electron chi connectivity index (χ4n) is 14.7. The van der Waals surface area contributed by atoms with Crippen molar-refractivity contribution in [3.63, 3.8) is 0 Å². The SMILES string of the molecule is Cc1cccc(C)c1N(CCCN1C(=O)c2ccccc2C1=O)C1=CC2Oc3cc(N(C)CCCN(C)c4ccc5c(-c6ccccc6S(=O)(=O)O)c6ccc(N(CCCN7C(=O)c8ccccc8C7=O)c7c(C)cccc7C)cc6[o+]c5c4)ccc3C(c3ccccc3S(=O)(=O)O)=C2C=C1. The Bertz CT molecular complexity index is 5340. The largest absolute Gasteiger partial charge is 0.481 e. The molecule has 1 aliphatic carbocycles. The van der Waals surface area contributed by atoms with E-state index >= 15 is 0 Å². The van der Waals surface area contributed by atoms with Crippen molar-refractivity contribution in [2.75, 3.05) is 73.0 Å². The molecule has 1 unspecified atom stereocenters. The Kier molecular flexibility index (Phi) is 17.9. The molecule has 2 N–H and O–H groups in total. The highest BCUT2D eigenvalue weighted by molar-refractivity contribution is 7.86. The summed E-state index contributed by atoms with van der Waals surface area (Å²) < 4.78 is 88.0. The normalized spacial score (nSPS) is 14.9. The molecule has 4 aliphatic rings. The zero-order chi connectivity index (χ0) is 70.8. The van der Waals surface area contributed by atoms with Crippen LogP contribution in [0.3, 0.4) is 0 Å². The van der Waals surface area contributed by atoms with Gasteiger partial charge in [-0.3, -0.25) is 38.1 Å². The lowest BCUT2D eigenvalue weighted by atomic mass is 9.85. The van der Waals surface area contributed by atoms with E-state index in [0.29, 0.717) is 123 Å². The van der Waals surface area contributed by atoms with Crippen LogP contribution in [0.25, 0.3) is 38.6 Å². The van der Waals surface area contributed by atoms with Gasteiger partial charge in [0.05, 0.1) is 50.8 Å². The molecule has 0 spiro atoms. The molecule has 0 bridgehead atoms. The van der Waals surface area contributed by atoms with Crippen LogP contribution >= 0.6 is 0 Å². The summed E-state index contributed by atoms with van der Waals surface area (Å²) in [7, 11) is -5.44. The molecule has 14 rings (SSSR count). The molecule has 18 nitrogen and oxygen atoms in total. The van der Waals surface area contributed by atoms with Crippen LogP contribution in [0.4, 0.5) is 28.4 Å². The van der Waals surface area contributed by atoms with Gasteiger partial charge in [-0.05, 0) is 154 Å². The average Bonchev–Trinajstić information content (AvgIpc) is 1.35. The van der Waals surface area contributed by atoms with Gasteiger partial charge in [0.2, 0.25) is 0 Å². The Morgan fingerprint density at radius 1 is 0.446 bits per heavy atom. The monoisotopic (exact) mass is 1390 g/mol. The van der Waals surface area contributed by atoms with Gasteiger partial charge in [-0.2, -0.15) is 16.8 Å². The maximum atomic E-state index is 13.5. The minimum atomic E-state index is -4.71. The standard InChI is InChI=1S/C81H72N6O12S2/c1-50-20-15-21-51(2)76(50)84(42-18-44-86-78(88)58-24-7-8-25-59(58)79(86)89)56-34-38-64-70(48-56)98-68-46-54(32-36-62(68)74(64)66-28-11-13-30-72(66)100(92,93)94)82(5)40-17-41-83(6)55-33-37-63-69(47-55)99-71-49-57(35-39-65(71)75(63)67-29-12-14-31-73(67)101(95,96)97)85(77-52(3)22-16-23-53(77)4)43-19-45-87-80(90)60-26-9-10-27-61(60)81(87)91/h7-16,20-39,46-49,70H,17-19,40-45H2,1-6H3,(H-,92,93,94,95,96,97)/p+1. The molecule has 4 heterocycles. The van der Waals surface area contributed by atoms with E-state index < -0.39 is 26.3 Å². The van der Waals surface area contributed by atoms with Crippen LogP contribution in [0.5, 0.6) is 5.75 Å². The molecule has 10 aromatic rings. The zero-order valence-electron chi connectivity index (χ0n) is 56.5. The van der Waals surface area contributed by atoms with Crippen LogP contribution in [0.1, 0.15) is 94.1 Å². The zero-order valence-corrected chi connectivity index (χ0v) is 58.2. The first-order valence-electron chi connectivity index (χ1n) is 33.5. The molecule has 4 amide bonds. The minimum Gasteiger partial charge on any atom is -0.481 e. The number of aryl methyl sites for hydroxylation is 4. The second kappa shape index (κ2) is 26.9. The molecule has 0 fully saturated rings. The third kappa shape index (κ3) is 12.6. The van der Waals surface area contributed by atoms with E-state index in [1.807, 2.05) is 151 Å². The first kappa shape index (κ1) is 67.2. The number of fused-ring (bicyclic) bond motifs is 6. The topological polar surface area (TPSA) is 217 Å². The molecule has 101 heavy (non-hydrogen) atoms. The summed E-state index contributed by atoms with van der Waals surface area (Å²) in [4.78, 5) is 64.6. The number of benzene rings is 9. The highest BCUT2D eigenvalue weighted by Gasteiger charge is 2.38. The number of carbonyl (C=O) groups excluding carboxylic acids is 4. The molecule has 9 aromatic carbocycles. The summed E-state index contributed by atoms with van der Waals surface area (Å²) >= 11 is 0. The van der Waals surface area contributed by atoms with Crippen molar-refractivity contribution in [3.05, 3.63) is 273 Å². The fraction of sp³-hybridized carbons (Fsp3) is 0.198. The van der Waals surface area contributed by atoms with E-state index in [9.17, 15) is 45.1 Å². The molecule has 510 valence electrons. The fourth-order valence-corrected chi connectivity index (χ4v) is 16.1. The number of carbonyl (C=O) groups is 4. The van der Waals surface area contributed by atoms with E-state index in [0.717, 1.165) is 56.4 Å². The molecule has 20 heteroatoms. The number of nitrogens with zero attached hydrogens (tertiary/aromatic N) is 6. The summed E-state index contributed by atoms with van der Waals surface area (Å²) in [5, 5.41) is 1.21. The maximum absolute atomic E-state index is 13.5. The highest BCUT2D eigenvalue weighted by Crippen LogP contribution is 2.47. The first-order valence-corrected chi connectivity index (χ1v) is 36.3. The van der Waals surface area contributed by atoms with E-state index in [2.05, 4.69) is 19.6 Å². The van der Waals surface area contributed by atoms with Crippen LogP contribution < -0.4 is 24.3 Å². The molecule has 1 aromatic heterocycles. The molecule has 3 aliphatic heterocycles. The molecular weight excluding hydrogens is 1310 g/mol. The van der Waals surface area contributed by atoms with Crippen molar-refractivity contribution < 1.29 is 54.3 Å². The number of allylic oxidation sites excluding steroid dienone is 1. The van der Waals surface area contributed by atoms with Gasteiger partial charge < -0.3 is 24.3 Å². The Balaban J connectivity index is 0.747. The van der Waals surface area contributed by atoms with E-state index in [1.165, 1.54) is 21.9 Å². The average molecular weight is 1390 g/mol. The van der Waals surface area contributed by atoms with Gasteiger partial charge in [-0.1, -0.05) is 103 Å². The van der Waals surface area contributed by atoms with E-state index in [-0.39, 0.29) is 52.1 Å². The van der Waals surface area contributed by atoms with Crippen molar-refractivity contribution in [2.45, 2.75) is 62.9 Å². The molecule has 1 atom stereocenters. The summed E-state index contributed by atoms with van der Waals surface area (Å²) in [6.45, 7) is 10.5. The third-order valence-corrected chi connectivity index (χ3v) is 21.4. The number of para-hydroxylation sites is 2. The summed E-state index contributed by atoms with van der Waals surface area (Å²) in [6, 6.07) is 55.9. The quantitative estimate of drug-likeness (QED) is 0.0279. The van der Waals surface area contributed by atoms with Gasteiger partial charge >= 0.3 is 11.2 Å². The minimum absolute atomic E-state index is 0.187. The Labute approximate surface area is 586 Å². The van der Waals surface area contributed by atoms with Gasteiger partial charge in [0.1, 0.15) is 21.6 Å². The van der Waals surface area contributed by atoms with Crippen molar-refractivity contribution in [1.29, 1.82) is 0 Å². The highest BCUT2D eigenvalue weighted by atomic mass is 32.2. The number of hydrogen-bond acceptors (Lipinski definition) is 13. The number of amides is 4. The second-order valence-electron chi connectivity index (χ2n) is 26.1. The molecular formula is C81H73N6O12S2+. The van der Waals surface area contributed by atoms with Gasteiger partial charge in [0.15, 0.2) is 0 Å². The van der Waals surface area contributed by atoms with Crippen molar-refractivity contribution in [3.8, 4) is 16.9 Å². The van der Waals surface area contributed by atoms with Crippen LogP contribution in [0, 0.1) is 27.7 Å². The van der Waals surface area contributed by atoms with Crippen LogP contribution in [0.15, 0.2) is 232 Å². The van der Waals surface area contributed by atoms with Crippen LogP contribution in [-0.2, 0) is 20.2 Å².